The van der Waals surface area contributed by atoms with Gasteiger partial charge in [0, 0.05) is 12.1 Å². The largest absolute Gasteiger partial charge is 0.507 e. The third-order valence-electron chi connectivity index (χ3n) is 6.99. The second kappa shape index (κ2) is 11.6. The highest BCUT2D eigenvalue weighted by molar-refractivity contribution is 6.46. The minimum Gasteiger partial charge on any atom is -0.507 e. The zero-order valence-corrected chi connectivity index (χ0v) is 23.3. The summed E-state index contributed by atoms with van der Waals surface area (Å²) in [5, 5.41) is 11.7. The van der Waals surface area contributed by atoms with Crippen molar-refractivity contribution in [2.24, 2.45) is 0 Å². The maximum atomic E-state index is 13.6. The number of hydrogen-bond acceptors (Lipinski definition) is 6. The highest BCUT2D eigenvalue weighted by Crippen LogP contribution is 2.42. The van der Waals surface area contributed by atoms with Gasteiger partial charge in [0.05, 0.1) is 32.4 Å². The van der Waals surface area contributed by atoms with Crippen LogP contribution in [-0.4, -0.2) is 42.5 Å². The van der Waals surface area contributed by atoms with Gasteiger partial charge in [0.25, 0.3) is 11.7 Å². The fourth-order valence-electron chi connectivity index (χ4n) is 5.00. The second-order valence-electron chi connectivity index (χ2n) is 9.84. The number of benzene rings is 3. The number of nitrogens with zero attached hydrogens (tertiary/aromatic N) is 1. The monoisotopic (exact) mass is 529 g/mol. The Kier molecular flexibility index (Phi) is 8.29. The molecule has 0 aromatic heterocycles. The third-order valence-corrected chi connectivity index (χ3v) is 6.99. The third kappa shape index (κ3) is 5.48. The number of aliphatic hydroxyl groups is 1. The molecule has 7 nitrogen and oxygen atoms in total. The summed E-state index contributed by atoms with van der Waals surface area (Å²) >= 11 is 0. The van der Waals surface area contributed by atoms with Crippen LogP contribution in [0.25, 0.3) is 5.76 Å². The van der Waals surface area contributed by atoms with Gasteiger partial charge in [-0.25, -0.2) is 0 Å². The smallest absolute Gasteiger partial charge is 0.295 e. The van der Waals surface area contributed by atoms with Crippen molar-refractivity contribution in [3.63, 3.8) is 0 Å². The number of likely N-dealkylation sites (tertiary alicyclic amines) is 1. The van der Waals surface area contributed by atoms with Crippen LogP contribution in [0.3, 0.4) is 0 Å². The second-order valence-corrected chi connectivity index (χ2v) is 9.84. The first-order chi connectivity index (χ1) is 18.7. The van der Waals surface area contributed by atoms with Crippen LogP contribution in [0.15, 0.2) is 66.2 Å². The lowest BCUT2D eigenvalue weighted by Crippen LogP contribution is -2.29. The summed E-state index contributed by atoms with van der Waals surface area (Å²) < 4.78 is 16.5. The summed E-state index contributed by atoms with van der Waals surface area (Å²) in [5.74, 6) is 0.548. The summed E-state index contributed by atoms with van der Waals surface area (Å²) in [6, 6.07) is 17.5. The lowest BCUT2D eigenvalue weighted by molar-refractivity contribution is -0.140. The number of ether oxygens (including phenoxy) is 3. The van der Waals surface area contributed by atoms with Crippen LogP contribution in [0.2, 0.25) is 0 Å². The Bertz CT molecular complexity index is 1410. The molecule has 4 rings (SSSR count). The number of Topliss-reactive ketones (excluding diaryl/α,β-unsaturated/α-hetero) is 1. The molecule has 0 spiro atoms. The molecule has 1 aliphatic rings. The Balaban J connectivity index is 1.89. The van der Waals surface area contributed by atoms with Crippen molar-refractivity contribution in [2.45, 2.75) is 46.2 Å². The number of carbonyl (C=O) groups excluding carboxylic acids is 2. The quantitative estimate of drug-likeness (QED) is 0.203. The maximum Gasteiger partial charge on any atom is 0.295 e. The molecular weight excluding hydrogens is 494 g/mol. The van der Waals surface area contributed by atoms with Gasteiger partial charge in [-0.15, -0.1) is 0 Å². The van der Waals surface area contributed by atoms with Crippen LogP contribution in [0.1, 0.15) is 60.5 Å². The van der Waals surface area contributed by atoms with E-state index < -0.39 is 17.7 Å². The summed E-state index contributed by atoms with van der Waals surface area (Å²) in [7, 11) is 3.18. The Morgan fingerprint density at radius 1 is 0.974 bits per heavy atom. The normalized spacial score (nSPS) is 16.6. The number of aliphatic hydroxyl groups excluding tert-OH is 1. The SMILES string of the molecule is CCOc1cccc(CN2C(=O)C(=O)/C(=C(/O)c3cc(C(C)C)c(OC)cc3C)C2c2ccc(OC)cc2)c1. The topological polar surface area (TPSA) is 85.3 Å². The molecular formula is C32H35NO6. The van der Waals surface area contributed by atoms with Gasteiger partial charge in [-0.3, -0.25) is 9.59 Å². The number of ketones is 1. The lowest BCUT2D eigenvalue weighted by Gasteiger charge is -2.26. The summed E-state index contributed by atoms with van der Waals surface area (Å²) in [6.07, 6.45) is 0. The van der Waals surface area contributed by atoms with Crippen molar-refractivity contribution >= 4 is 17.4 Å². The van der Waals surface area contributed by atoms with E-state index in [1.54, 1.807) is 26.4 Å². The number of carbonyl (C=O) groups is 2. The van der Waals surface area contributed by atoms with Crippen molar-refractivity contribution in [1.82, 2.24) is 4.90 Å². The van der Waals surface area contributed by atoms with Crippen LogP contribution in [-0.2, 0) is 16.1 Å². The maximum absolute atomic E-state index is 13.6. The molecule has 0 bridgehead atoms. The van der Waals surface area contributed by atoms with Crippen LogP contribution >= 0.6 is 0 Å². The lowest BCUT2D eigenvalue weighted by atomic mass is 9.91. The van der Waals surface area contributed by atoms with Crippen LogP contribution in [0, 0.1) is 6.92 Å². The zero-order valence-electron chi connectivity index (χ0n) is 23.3. The number of hydrogen-bond donors (Lipinski definition) is 1. The molecule has 1 saturated heterocycles. The van der Waals surface area contributed by atoms with Gasteiger partial charge in [-0.05, 0) is 78.4 Å². The molecule has 204 valence electrons. The number of aryl methyl sites for hydroxylation is 1. The standard InChI is InChI=1S/C32H35NO6/c1-7-39-24-10-8-9-21(16-24)18-33-29(22-11-13-23(37-5)14-12-22)28(31(35)32(33)36)30(34)26-17-25(19(2)3)27(38-6)15-20(26)4/h8-17,19,29,34H,7,18H2,1-6H3/b30-28+. The molecule has 0 saturated carbocycles. The first-order valence-electron chi connectivity index (χ1n) is 13.0. The van der Waals surface area contributed by atoms with E-state index in [4.69, 9.17) is 14.2 Å². The molecule has 7 heteroatoms. The minimum absolute atomic E-state index is 0.0501. The average Bonchev–Trinajstić information content (AvgIpc) is 3.17. The van der Waals surface area contributed by atoms with Crippen LogP contribution in [0.4, 0.5) is 0 Å². The predicted octanol–water partition coefficient (Wildman–Crippen LogP) is 6.16. The van der Waals surface area contributed by atoms with Crippen molar-refractivity contribution in [3.05, 3.63) is 94.1 Å². The fourth-order valence-corrected chi connectivity index (χ4v) is 5.00. The van der Waals surface area contributed by atoms with Gasteiger partial charge in [-0.1, -0.05) is 38.1 Å². The van der Waals surface area contributed by atoms with E-state index in [0.717, 1.165) is 16.7 Å². The van der Waals surface area contributed by atoms with Gasteiger partial charge < -0.3 is 24.2 Å². The molecule has 39 heavy (non-hydrogen) atoms. The van der Waals surface area contributed by atoms with E-state index >= 15 is 0 Å². The molecule has 3 aromatic carbocycles. The van der Waals surface area contributed by atoms with Crippen molar-refractivity contribution in [3.8, 4) is 17.2 Å². The summed E-state index contributed by atoms with van der Waals surface area (Å²) in [5.41, 5.74) is 3.67. The summed E-state index contributed by atoms with van der Waals surface area (Å²) in [6.45, 7) is 8.49. The molecule has 1 unspecified atom stereocenters. The van der Waals surface area contributed by atoms with Crippen LogP contribution in [0.5, 0.6) is 17.2 Å². The van der Waals surface area contributed by atoms with Gasteiger partial charge in [0.1, 0.15) is 23.0 Å². The van der Waals surface area contributed by atoms with E-state index in [-0.39, 0.29) is 23.8 Å². The fraction of sp³-hybridized carbons (Fsp3) is 0.312. The zero-order chi connectivity index (χ0) is 28.3. The first-order valence-corrected chi connectivity index (χ1v) is 13.0. The van der Waals surface area contributed by atoms with Crippen molar-refractivity contribution in [1.29, 1.82) is 0 Å². The molecule has 3 aromatic rings. The van der Waals surface area contributed by atoms with E-state index in [2.05, 4.69) is 0 Å². The van der Waals surface area contributed by atoms with Gasteiger partial charge >= 0.3 is 0 Å². The van der Waals surface area contributed by atoms with E-state index in [1.807, 2.05) is 76.2 Å². The molecule has 1 heterocycles. The Hall–Kier alpha value is -4.26. The van der Waals surface area contributed by atoms with Crippen molar-refractivity contribution < 1.29 is 28.9 Å². The van der Waals surface area contributed by atoms with E-state index in [1.165, 1.54) is 4.90 Å². The van der Waals surface area contributed by atoms with Crippen LogP contribution < -0.4 is 14.2 Å². The number of rotatable bonds is 9. The molecule has 1 atom stereocenters. The van der Waals surface area contributed by atoms with Gasteiger partial charge in [0.15, 0.2) is 0 Å². The van der Waals surface area contributed by atoms with Gasteiger partial charge in [0.2, 0.25) is 0 Å². The Morgan fingerprint density at radius 3 is 2.31 bits per heavy atom. The van der Waals surface area contributed by atoms with Gasteiger partial charge in [-0.2, -0.15) is 0 Å². The van der Waals surface area contributed by atoms with Crippen molar-refractivity contribution in [2.75, 3.05) is 20.8 Å². The molecule has 0 aliphatic carbocycles. The average molecular weight is 530 g/mol. The molecule has 1 aliphatic heterocycles. The Labute approximate surface area is 229 Å². The van der Waals surface area contributed by atoms with E-state index in [9.17, 15) is 14.7 Å². The summed E-state index contributed by atoms with van der Waals surface area (Å²) in [4.78, 5) is 28.6. The Morgan fingerprint density at radius 2 is 1.69 bits per heavy atom. The highest BCUT2D eigenvalue weighted by Gasteiger charge is 2.46. The number of methoxy groups -OCH3 is 2. The highest BCUT2D eigenvalue weighted by atomic mass is 16.5. The molecule has 0 radical (unpaired) electrons. The number of amides is 1. The molecule has 1 N–H and O–H groups in total. The van der Waals surface area contributed by atoms with E-state index in [0.29, 0.717) is 35.0 Å². The predicted molar refractivity (Wildman–Crippen MR) is 150 cm³/mol. The minimum atomic E-state index is -0.796. The molecule has 1 fully saturated rings. The first kappa shape index (κ1) is 27.8. The molecule has 1 amide bonds.